The van der Waals surface area contributed by atoms with Crippen LogP contribution in [0.2, 0.25) is 5.04 Å². The minimum atomic E-state index is -2.96. The Morgan fingerprint density at radius 3 is 1.64 bits per heavy atom. The van der Waals surface area contributed by atoms with Crippen LogP contribution >= 0.6 is 0 Å². The Balaban J connectivity index is 1.10. The van der Waals surface area contributed by atoms with E-state index in [2.05, 4.69) is 106 Å². The lowest BCUT2D eigenvalue weighted by Crippen LogP contribution is -2.68. The van der Waals surface area contributed by atoms with Gasteiger partial charge in [0.1, 0.15) is 36.6 Å². The second kappa shape index (κ2) is 17.6. The Morgan fingerprint density at radius 1 is 0.559 bits per heavy atom. The second-order valence-corrected chi connectivity index (χ2v) is 22.3. The number of hydrogen-bond acceptors (Lipinski definition) is 10. The van der Waals surface area contributed by atoms with E-state index in [4.69, 9.17) is 47.1 Å². The fourth-order valence-electron chi connectivity index (χ4n) is 9.05. The molecular weight excluding hydrogens is 765 g/mol. The van der Waals surface area contributed by atoms with E-state index in [1.54, 1.807) is 0 Å². The molecule has 0 N–H and O–H groups in total. The highest BCUT2D eigenvalue weighted by Crippen LogP contribution is 2.45. The summed E-state index contributed by atoms with van der Waals surface area (Å²) in [4.78, 5) is 0. The molecular formula is C48H60O10Si. The number of fused-ring (bicyclic) bond motifs is 3. The van der Waals surface area contributed by atoms with Crippen molar-refractivity contribution in [3.63, 3.8) is 0 Å². The highest BCUT2D eigenvalue weighted by Gasteiger charge is 2.61. The van der Waals surface area contributed by atoms with Crippen molar-refractivity contribution >= 4 is 18.7 Å². The normalized spacial score (nSPS) is 30.1. The van der Waals surface area contributed by atoms with Crippen LogP contribution in [0.5, 0.6) is 0 Å². The zero-order valence-electron chi connectivity index (χ0n) is 35.4. The zero-order chi connectivity index (χ0) is 41.3. The van der Waals surface area contributed by atoms with E-state index in [1.807, 2.05) is 64.1 Å². The van der Waals surface area contributed by atoms with Crippen LogP contribution in [0.4, 0.5) is 0 Å². The van der Waals surface area contributed by atoms with Crippen LogP contribution in [0.15, 0.2) is 121 Å². The molecule has 4 aromatic rings. The Labute approximate surface area is 350 Å². The molecule has 8 rings (SSSR count). The summed E-state index contributed by atoms with van der Waals surface area (Å²) in [5.74, 6) is -1.65. The molecule has 0 spiro atoms. The first-order valence-corrected chi connectivity index (χ1v) is 22.9. The van der Waals surface area contributed by atoms with Crippen LogP contribution in [0, 0.1) is 0 Å². The predicted octanol–water partition coefficient (Wildman–Crippen LogP) is 7.26. The number of ether oxygens (including phenoxy) is 9. The molecule has 59 heavy (non-hydrogen) atoms. The van der Waals surface area contributed by atoms with Crippen LogP contribution in [0.1, 0.15) is 66.0 Å². The topological polar surface area (TPSA) is 92.3 Å². The summed E-state index contributed by atoms with van der Waals surface area (Å²) >= 11 is 0. The summed E-state index contributed by atoms with van der Waals surface area (Å²) in [6.45, 7) is 15.6. The van der Waals surface area contributed by atoms with Gasteiger partial charge in [-0.25, -0.2) is 0 Å². The van der Waals surface area contributed by atoms with Gasteiger partial charge in [0.05, 0.1) is 32.5 Å². The minimum absolute atomic E-state index is 0.168. The average Bonchev–Trinajstić information content (AvgIpc) is 3.73. The second-order valence-electron chi connectivity index (χ2n) is 18.0. The van der Waals surface area contributed by atoms with Gasteiger partial charge in [-0.3, -0.25) is 0 Å². The fraction of sp³-hybridized carbons (Fsp3) is 0.500. The summed E-state index contributed by atoms with van der Waals surface area (Å²) in [7, 11) is -2.96. The molecule has 0 amide bonds. The standard InChI is InChI=1S/C48H60O10Si/c1-46(2,3)59(35-24-16-10-17-25-35,36-26-18-11-19-27-36)52-32-39-41(51-30-34-22-14-9-15-23-34)37(49-29-33-20-12-8-13-21-33)28-40(53-39)50-31-38-42-43(56-47(4,5)55-42)44-45(54-38)58-48(6,7)57-44/h8-27,37-45H,28-32H2,1-7H3/t37-,38-,39-,40+,41-,42+,43+,44-,45-/m1/s1. The lowest BCUT2D eigenvalue weighted by atomic mass is 9.99. The predicted molar refractivity (Wildman–Crippen MR) is 225 cm³/mol. The van der Waals surface area contributed by atoms with Gasteiger partial charge in [-0.2, -0.15) is 0 Å². The molecule has 10 nitrogen and oxygen atoms in total. The zero-order valence-corrected chi connectivity index (χ0v) is 36.4. The first-order chi connectivity index (χ1) is 28.3. The lowest BCUT2D eigenvalue weighted by molar-refractivity contribution is -0.294. The third kappa shape index (κ3) is 9.46. The van der Waals surface area contributed by atoms with E-state index in [-0.39, 0.29) is 18.3 Å². The van der Waals surface area contributed by atoms with E-state index < -0.39 is 75.2 Å². The van der Waals surface area contributed by atoms with Gasteiger partial charge in [0.25, 0.3) is 8.32 Å². The first-order valence-electron chi connectivity index (χ1n) is 21.0. The van der Waals surface area contributed by atoms with Crippen molar-refractivity contribution in [1.82, 2.24) is 0 Å². The van der Waals surface area contributed by atoms with E-state index in [0.29, 0.717) is 19.6 Å². The van der Waals surface area contributed by atoms with Crippen molar-refractivity contribution < 1.29 is 47.1 Å². The van der Waals surface area contributed by atoms with Gasteiger partial charge in [-0.05, 0) is 54.2 Å². The molecule has 11 heteroatoms. The molecule has 0 aromatic heterocycles. The van der Waals surface area contributed by atoms with E-state index >= 15 is 0 Å². The molecule has 0 bridgehead atoms. The first kappa shape index (κ1) is 42.4. The molecule has 9 atom stereocenters. The minimum Gasteiger partial charge on any atom is -0.405 e. The quantitative estimate of drug-likeness (QED) is 0.121. The molecule has 0 saturated carbocycles. The Kier molecular flexibility index (Phi) is 12.6. The maximum Gasteiger partial charge on any atom is 0.261 e. The molecule has 0 radical (unpaired) electrons. The summed E-state index contributed by atoms with van der Waals surface area (Å²) in [5, 5.41) is 2.13. The van der Waals surface area contributed by atoms with Gasteiger partial charge >= 0.3 is 0 Å². The van der Waals surface area contributed by atoms with Gasteiger partial charge in [0.2, 0.25) is 0 Å². The monoisotopic (exact) mass is 824 g/mol. The third-order valence-corrected chi connectivity index (χ3v) is 16.7. The smallest absolute Gasteiger partial charge is 0.261 e. The van der Waals surface area contributed by atoms with Crippen molar-refractivity contribution in [2.75, 3.05) is 13.2 Å². The van der Waals surface area contributed by atoms with Gasteiger partial charge in [-0.1, -0.05) is 142 Å². The lowest BCUT2D eigenvalue weighted by Gasteiger charge is -2.46. The van der Waals surface area contributed by atoms with Crippen molar-refractivity contribution in [1.29, 1.82) is 0 Å². The largest absolute Gasteiger partial charge is 0.405 e. The fourth-order valence-corrected chi connectivity index (χ4v) is 13.6. The highest BCUT2D eigenvalue weighted by molar-refractivity contribution is 6.99. The molecule has 316 valence electrons. The Bertz CT molecular complexity index is 1890. The van der Waals surface area contributed by atoms with Crippen molar-refractivity contribution in [2.24, 2.45) is 0 Å². The summed E-state index contributed by atoms with van der Waals surface area (Å²) in [6, 6.07) is 41.7. The maximum atomic E-state index is 7.52. The summed E-state index contributed by atoms with van der Waals surface area (Å²) in [5.41, 5.74) is 2.13. The number of benzene rings is 4. The molecule has 4 aliphatic heterocycles. The van der Waals surface area contributed by atoms with Crippen LogP contribution in [0.25, 0.3) is 0 Å². The van der Waals surface area contributed by atoms with Crippen LogP contribution < -0.4 is 10.4 Å². The number of hydrogen-bond donors (Lipinski definition) is 0. The molecule has 4 aromatic carbocycles. The molecule has 4 fully saturated rings. The van der Waals surface area contributed by atoms with Gasteiger partial charge in [0, 0.05) is 6.42 Å². The summed E-state index contributed by atoms with van der Waals surface area (Å²) in [6.07, 6.45) is -4.08. The van der Waals surface area contributed by atoms with Crippen LogP contribution in [-0.2, 0) is 60.3 Å². The third-order valence-electron chi connectivity index (χ3n) is 11.7. The van der Waals surface area contributed by atoms with Crippen LogP contribution in [0.3, 0.4) is 0 Å². The van der Waals surface area contributed by atoms with Crippen molar-refractivity contribution in [2.45, 2.75) is 140 Å². The van der Waals surface area contributed by atoms with Gasteiger partial charge in [-0.15, -0.1) is 0 Å². The summed E-state index contributed by atoms with van der Waals surface area (Å²) < 4.78 is 66.7. The van der Waals surface area contributed by atoms with Gasteiger partial charge < -0.3 is 47.1 Å². The van der Waals surface area contributed by atoms with Gasteiger partial charge in [0.15, 0.2) is 24.2 Å². The van der Waals surface area contributed by atoms with Crippen LogP contribution in [-0.4, -0.2) is 88.4 Å². The Morgan fingerprint density at radius 2 is 1.07 bits per heavy atom. The Hall–Kier alpha value is -3.30. The van der Waals surface area contributed by atoms with Crippen molar-refractivity contribution in [3.8, 4) is 0 Å². The highest BCUT2D eigenvalue weighted by atomic mass is 28.4. The molecule has 0 unspecified atom stereocenters. The molecule has 0 aliphatic carbocycles. The average molecular weight is 825 g/mol. The molecule has 4 aliphatic rings. The molecule has 4 heterocycles. The number of rotatable bonds is 14. The SMILES string of the molecule is CC1(C)O[C@H]2[C@@H](O1)[C@@H](CO[C@@H]1C[C@@H](OCc3ccccc3)[C@@H](OCc3ccccc3)[C@@H](CO[Si](c3ccccc3)(c3ccccc3)C(C)(C)C)O1)O[C@@H]1OC(C)(C)O[C@@H]12. The van der Waals surface area contributed by atoms with E-state index in [1.165, 1.54) is 10.4 Å². The molecule has 4 saturated heterocycles. The van der Waals surface area contributed by atoms with E-state index in [9.17, 15) is 0 Å². The van der Waals surface area contributed by atoms with E-state index in [0.717, 1.165) is 11.1 Å². The van der Waals surface area contributed by atoms with Crippen molar-refractivity contribution in [3.05, 3.63) is 132 Å². The maximum absolute atomic E-state index is 7.52.